The number of nitrogens with zero attached hydrogens (tertiary/aromatic N) is 3. The summed E-state index contributed by atoms with van der Waals surface area (Å²) in [5.74, 6) is 3.90. The number of unbranched alkanes of at least 4 members (excludes halogenated alkanes) is 5. The number of hydrogen-bond donors (Lipinski definition) is 3. The van der Waals surface area contributed by atoms with Gasteiger partial charge in [0.05, 0.1) is 6.04 Å². The zero-order chi connectivity index (χ0) is 28.5. The van der Waals surface area contributed by atoms with Crippen LogP contribution in [-0.4, -0.2) is 71.4 Å². The van der Waals surface area contributed by atoms with E-state index in [1.807, 2.05) is 0 Å². The van der Waals surface area contributed by atoms with E-state index < -0.39 is 0 Å². The molecule has 6 heteroatoms. The van der Waals surface area contributed by atoms with Gasteiger partial charge in [0.25, 0.3) is 0 Å². The number of nitrogens with one attached hydrogen (secondary N) is 3. The first-order valence-corrected chi connectivity index (χ1v) is 17.5. The Hall–Kier alpha value is -1.46. The van der Waals surface area contributed by atoms with Crippen molar-refractivity contribution in [3.63, 3.8) is 0 Å². The number of guanidine groups is 2. The molecule has 2 saturated heterocycles. The first-order valence-electron chi connectivity index (χ1n) is 17.5. The van der Waals surface area contributed by atoms with Gasteiger partial charge in [-0.25, -0.2) is 0 Å². The predicted molar refractivity (Wildman–Crippen MR) is 170 cm³/mol. The maximum Gasteiger partial charge on any atom is 0.194 e. The van der Waals surface area contributed by atoms with Gasteiger partial charge in [-0.1, -0.05) is 72.6 Å². The van der Waals surface area contributed by atoms with Crippen LogP contribution in [-0.2, 0) is 0 Å². The highest BCUT2D eigenvalue weighted by Crippen LogP contribution is 2.41. The van der Waals surface area contributed by atoms with Crippen LogP contribution in [0.5, 0.6) is 0 Å². The lowest BCUT2D eigenvalue weighted by Gasteiger charge is -2.40. The molecule has 6 nitrogen and oxygen atoms in total. The third kappa shape index (κ3) is 8.53. The highest BCUT2D eigenvalue weighted by atomic mass is 15.4. The molecule has 0 radical (unpaired) electrons. The standard InChI is InChI=1S/C34H64N6/c1-5-6-7-8-13-23-39-30(24-37-32(39)35)17-12-14-22-38-26-31(28-15-10-9-11-16-28)40(33(38)36)25-27-18-20-29(21-19-27)34(2,3)4/h27-31,36H,5-26H2,1-4H3,(H2,35,37)/t27?,29?,30-,31-/m0/s1. The molecule has 0 bridgehead atoms. The van der Waals surface area contributed by atoms with E-state index in [0.717, 1.165) is 62.9 Å². The lowest BCUT2D eigenvalue weighted by Crippen LogP contribution is -2.44. The highest BCUT2D eigenvalue weighted by Gasteiger charge is 2.41. The van der Waals surface area contributed by atoms with E-state index in [4.69, 9.17) is 5.41 Å². The van der Waals surface area contributed by atoms with E-state index in [0.29, 0.717) is 23.5 Å². The predicted octanol–water partition coefficient (Wildman–Crippen LogP) is 7.69. The molecule has 230 valence electrons. The van der Waals surface area contributed by atoms with Gasteiger partial charge in [-0.15, -0.1) is 0 Å². The highest BCUT2D eigenvalue weighted by molar-refractivity contribution is 5.80. The summed E-state index contributed by atoms with van der Waals surface area (Å²) >= 11 is 0. The first kappa shape index (κ1) is 31.5. The summed E-state index contributed by atoms with van der Waals surface area (Å²) < 4.78 is 0. The number of rotatable bonds is 14. The molecule has 0 spiro atoms. The first-order chi connectivity index (χ1) is 19.3. The maximum absolute atomic E-state index is 9.26. The minimum Gasteiger partial charge on any atom is -0.354 e. The lowest BCUT2D eigenvalue weighted by molar-refractivity contribution is 0.122. The average Bonchev–Trinajstić information content (AvgIpc) is 3.45. The zero-order valence-corrected chi connectivity index (χ0v) is 26.8. The fourth-order valence-electron chi connectivity index (χ4n) is 8.31. The van der Waals surface area contributed by atoms with Gasteiger partial charge in [0.1, 0.15) is 0 Å². The monoisotopic (exact) mass is 557 g/mol. The van der Waals surface area contributed by atoms with Crippen LogP contribution in [0.3, 0.4) is 0 Å². The van der Waals surface area contributed by atoms with Crippen molar-refractivity contribution in [1.29, 1.82) is 10.8 Å². The molecule has 0 amide bonds. The Morgan fingerprint density at radius 3 is 2.20 bits per heavy atom. The van der Waals surface area contributed by atoms with Crippen LogP contribution in [0.15, 0.2) is 0 Å². The zero-order valence-electron chi connectivity index (χ0n) is 26.8. The van der Waals surface area contributed by atoms with E-state index in [9.17, 15) is 5.41 Å². The van der Waals surface area contributed by atoms with Crippen molar-refractivity contribution in [3.8, 4) is 0 Å². The van der Waals surface area contributed by atoms with E-state index in [1.165, 1.54) is 103 Å². The largest absolute Gasteiger partial charge is 0.354 e. The van der Waals surface area contributed by atoms with Gasteiger partial charge in [-0.2, -0.15) is 0 Å². The topological polar surface area (TPSA) is 69.5 Å². The molecule has 0 aromatic heterocycles. The van der Waals surface area contributed by atoms with Gasteiger partial charge >= 0.3 is 0 Å². The molecule has 2 atom stereocenters. The van der Waals surface area contributed by atoms with Crippen molar-refractivity contribution < 1.29 is 0 Å². The molecule has 40 heavy (non-hydrogen) atoms. The van der Waals surface area contributed by atoms with Gasteiger partial charge in [-0.05, 0) is 87.4 Å². The van der Waals surface area contributed by atoms with Crippen LogP contribution in [0.2, 0.25) is 0 Å². The second-order valence-electron chi connectivity index (χ2n) is 15.0. The van der Waals surface area contributed by atoms with E-state index in [-0.39, 0.29) is 0 Å². The van der Waals surface area contributed by atoms with Crippen LogP contribution in [0.4, 0.5) is 0 Å². The van der Waals surface area contributed by atoms with Gasteiger partial charge in [-0.3, -0.25) is 10.8 Å². The van der Waals surface area contributed by atoms with E-state index in [1.54, 1.807) is 0 Å². The summed E-state index contributed by atoms with van der Waals surface area (Å²) in [6, 6.07) is 1.04. The molecule has 4 aliphatic rings. The molecule has 4 rings (SSSR count). The molecule has 4 fully saturated rings. The average molecular weight is 557 g/mol. The van der Waals surface area contributed by atoms with Crippen LogP contribution < -0.4 is 5.32 Å². The molecule has 2 aliphatic heterocycles. The Kier molecular flexibility index (Phi) is 11.9. The summed E-state index contributed by atoms with van der Waals surface area (Å²) in [4.78, 5) is 7.36. The van der Waals surface area contributed by atoms with Crippen LogP contribution in [0.1, 0.15) is 137 Å². The smallest absolute Gasteiger partial charge is 0.194 e. The van der Waals surface area contributed by atoms with Crippen LogP contribution >= 0.6 is 0 Å². The van der Waals surface area contributed by atoms with E-state index >= 15 is 0 Å². The van der Waals surface area contributed by atoms with Gasteiger partial charge in [0.2, 0.25) is 0 Å². The summed E-state index contributed by atoms with van der Waals surface area (Å²) in [6.45, 7) is 14.7. The summed E-state index contributed by atoms with van der Waals surface area (Å²) in [7, 11) is 0. The van der Waals surface area contributed by atoms with Crippen molar-refractivity contribution in [2.45, 2.75) is 149 Å². The Balaban J connectivity index is 1.25. The van der Waals surface area contributed by atoms with E-state index in [2.05, 4.69) is 47.7 Å². The van der Waals surface area contributed by atoms with Crippen molar-refractivity contribution in [2.24, 2.45) is 23.2 Å². The van der Waals surface area contributed by atoms with Crippen molar-refractivity contribution in [3.05, 3.63) is 0 Å². The Morgan fingerprint density at radius 1 is 0.800 bits per heavy atom. The Labute approximate surface area is 247 Å². The van der Waals surface area contributed by atoms with Gasteiger partial charge in [0, 0.05) is 38.8 Å². The fraction of sp³-hybridized carbons (Fsp3) is 0.941. The third-order valence-electron chi connectivity index (χ3n) is 11.1. The normalized spacial score (nSPS) is 28.6. The van der Waals surface area contributed by atoms with Crippen molar-refractivity contribution >= 4 is 11.9 Å². The van der Waals surface area contributed by atoms with Crippen LogP contribution in [0.25, 0.3) is 0 Å². The minimum atomic E-state index is 0.438. The molecule has 0 unspecified atom stereocenters. The summed E-state index contributed by atoms with van der Waals surface area (Å²) in [5, 5.41) is 20.9. The third-order valence-corrected chi connectivity index (χ3v) is 11.1. The molecule has 2 aliphatic carbocycles. The second kappa shape index (κ2) is 15.1. The molecular weight excluding hydrogens is 492 g/mol. The molecule has 3 N–H and O–H groups in total. The SMILES string of the molecule is CCCCCCCN1C(=N)NC[C@@H]1CCCCN1C[C@@H](C2CCCCC2)N(CC2CCC(C(C)(C)C)CC2)C1=N. The van der Waals surface area contributed by atoms with Gasteiger partial charge in [0.15, 0.2) is 11.9 Å². The van der Waals surface area contributed by atoms with Gasteiger partial charge < -0.3 is 20.0 Å². The van der Waals surface area contributed by atoms with Crippen molar-refractivity contribution in [2.75, 3.05) is 32.7 Å². The minimum absolute atomic E-state index is 0.438. The summed E-state index contributed by atoms with van der Waals surface area (Å²) in [5.41, 5.74) is 0.438. The molecule has 2 heterocycles. The quantitative estimate of drug-likeness (QED) is 0.192. The second-order valence-corrected chi connectivity index (χ2v) is 15.0. The molecule has 2 saturated carbocycles. The Morgan fingerprint density at radius 2 is 1.50 bits per heavy atom. The van der Waals surface area contributed by atoms with Crippen LogP contribution in [0, 0.1) is 34.0 Å². The van der Waals surface area contributed by atoms with Crippen molar-refractivity contribution in [1.82, 2.24) is 20.0 Å². The molecule has 0 aromatic carbocycles. The number of hydrogen-bond acceptors (Lipinski definition) is 2. The maximum atomic E-state index is 9.26. The summed E-state index contributed by atoms with van der Waals surface area (Å²) in [6.07, 6.45) is 22.3. The lowest BCUT2D eigenvalue weighted by atomic mass is 9.69. The molecular formula is C34H64N6. The fourth-order valence-corrected chi connectivity index (χ4v) is 8.31. The Bertz CT molecular complexity index is 776. The molecule has 0 aromatic rings.